The van der Waals surface area contributed by atoms with Crippen LogP contribution in [0.2, 0.25) is 0 Å². The van der Waals surface area contributed by atoms with Crippen LogP contribution in [-0.4, -0.2) is 6.61 Å². The van der Waals surface area contributed by atoms with Gasteiger partial charge in [-0.15, -0.1) is 6.58 Å². The third-order valence-corrected chi connectivity index (χ3v) is 6.32. The van der Waals surface area contributed by atoms with Crippen LogP contribution in [0.3, 0.4) is 0 Å². The van der Waals surface area contributed by atoms with Crippen molar-refractivity contribution in [3.8, 4) is 11.1 Å². The molecule has 3 rings (SSSR count). The van der Waals surface area contributed by atoms with E-state index in [-0.39, 0.29) is 12.4 Å². The van der Waals surface area contributed by atoms with E-state index in [0.717, 1.165) is 17.0 Å². The van der Waals surface area contributed by atoms with Gasteiger partial charge in [-0.1, -0.05) is 75.1 Å². The van der Waals surface area contributed by atoms with Crippen molar-refractivity contribution in [2.24, 2.45) is 5.92 Å². The van der Waals surface area contributed by atoms with Crippen molar-refractivity contribution in [2.45, 2.75) is 70.8 Å². The molecule has 0 spiro atoms. The lowest BCUT2D eigenvalue weighted by Crippen LogP contribution is -2.13. The number of unbranched alkanes of at least 4 members (excludes halogenated alkanes) is 2. The molecule has 0 aromatic heterocycles. The minimum atomic E-state index is -0.211. The molecule has 0 radical (unpaired) electrons. The van der Waals surface area contributed by atoms with Crippen molar-refractivity contribution in [3.63, 3.8) is 0 Å². The first-order valence-electron chi connectivity index (χ1n) is 11.3. The molecule has 0 atom stereocenters. The highest BCUT2D eigenvalue weighted by molar-refractivity contribution is 5.64. The van der Waals surface area contributed by atoms with Crippen LogP contribution in [0, 0.1) is 11.7 Å². The SMILES string of the molecule is C=CCOCc1ccc(-c2ccc([C@H]3CC[C@H](CCCCC)CC3)cc2)cc1F. The third-order valence-electron chi connectivity index (χ3n) is 6.32. The zero-order valence-electron chi connectivity index (χ0n) is 17.8. The van der Waals surface area contributed by atoms with E-state index in [9.17, 15) is 4.39 Å². The van der Waals surface area contributed by atoms with Gasteiger partial charge in [-0.3, -0.25) is 0 Å². The van der Waals surface area contributed by atoms with Gasteiger partial charge in [0.1, 0.15) is 5.82 Å². The molecular formula is C27H35FO. The fourth-order valence-electron chi connectivity index (χ4n) is 4.51. The first kappa shape index (κ1) is 21.8. The van der Waals surface area contributed by atoms with E-state index in [4.69, 9.17) is 4.74 Å². The van der Waals surface area contributed by atoms with E-state index in [1.807, 2.05) is 12.1 Å². The van der Waals surface area contributed by atoms with E-state index < -0.39 is 0 Å². The van der Waals surface area contributed by atoms with Gasteiger partial charge in [-0.2, -0.15) is 0 Å². The first-order chi connectivity index (χ1) is 14.2. The standard InChI is InChI=1S/C27H35FO/c1-3-5-6-7-21-8-10-22(11-9-21)23-12-14-24(15-13-23)25-16-17-26(27(28)19-25)20-29-18-4-2/h4,12-17,19,21-22H,2-3,5-11,18,20H2,1H3/t21-,22-. The Morgan fingerprint density at radius 1 is 1.00 bits per heavy atom. The summed E-state index contributed by atoms with van der Waals surface area (Å²) >= 11 is 0. The number of ether oxygens (including phenoxy) is 1. The van der Waals surface area contributed by atoms with E-state index in [1.165, 1.54) is 56.9 Å². The van der Waals surface area contributed by atoms with Crippen LogP contribution in [0.15, 0.2) is 55.1 Å². The van der Waals surface area contributed by atoms with Crippen LogP contribution < -0.4 is 0 Å². The molecule has 1 aliphatic rings. The summed E-state index contributed by atoms with van der Waals surface area (Å²) < 4.78 is 19.7. The molecule has 0 aliphatic heterocycles. The Balaban J connectivity index is 1.56. The van der Waals surface area contributed by atoms with Crippen LogP contribution in [0.4, 0.5) is 4.39 Å². The number of hydrogen-bond donors (Lipinski definition) is 0. The highest BCUT2D eigenvalue weighted by atomic mass is 19.1. The molecule has 0 N–H and O–H groups in total. The average Bonchev–Trinajstić information content (AvgIpc) is 2.76. The Kier molecular flexibility index (Phi) is 8.49. The average molecular weight is 395 g/mol. The van der Waals surface area contributed by atoms with Crippen LogP contribution in [0.1, 0.15) is 75.3 Å². The Morgan fingerprint density at radius 2 is 1.72 bits per heavy atom. The van der Waals surface area contributed by atoms with Gasteiger partial charge in [0.25, 0.3) is 0 Å². The summed E-state index contributed by atoms with van der Waals surface area (Å²) in [5.74, 6) is 1.42. The lowest BCUT2D eigenvalue weighted by atomic mass is 9.77. The van der Waals surface area contributed by atoms with E-state index in [1.54, 1.807) is 12.1 Å². The summed E-state index contributed by atoms with van der Waals surface area (Å²) in [5, 5.41) is 0. The molecule has 2 aromatic carbocycles. The Bertz CT molecular complexity index is 757. The molecular weight excluding hydrogens is 359 g/mol. The molecule has 0 heterocycles. The topological polar surface area (TPSA) is 9.23 Å². The lowest BCUT2D eigenvalue weighted by Gasteiger charge is -2.29. The summed E-state index contributed by atoms with van der Waals surface area (Å²) in [4.78, 5) is 0. The number of rotatable bonds is 10. The smallest absolute Gasteiger partial charge is 0.129 e. The molecule has 156 valence electrons. The molecule has 1 aliphatic carbocycles. The normalized spacial score (nSPS) is 19.2. The van der Waals surface area contributed by atoms with Gasteiger partial charge in [0, 0.05) is 5.56 Å². The minimum Gasteiger partial charge on any atom is -0.373 e. The fourth-order valence-corrected chi connectivity index (χ4v) is 4.51. The predicted molar refractivity (Wildman–Crippen MR) is 121 cm³/mol. The summed E-state index contributed by atoms with van der Waals surface area (Å²) in [6.07, 6.45) is 12.5. The maximum Gasteiger partial charge on any atom is 0.129 e. The molecule has 0 amide bonds. The summed E-state index contributed by atoms with van der Waals surface area (Å²) in [7, 11) is 0. The van der Waals surface area contributed by atoms with Crippen LogP contribution in [0.25, 0.3) is 11.1 Å². The molecule has 29 heavy (non-hydrogen) atoms. The van der Waals surface area contributed by atoms with Crippen LogP contribution in [-0.2, 0) is 11.3 Å². The van der Waals surface area contributed by atoms with Gasteiger partial charge in [-0.25, -0.2) is 4.39 Å². The van der Waals surface area contributed by atoms with Gasteiger partial charge in [-0.05, 0) is 60.3 Å². The predicted octanol–water partition coefficient (Wildman–Crippen LogP) is 8.05. The van der Waals surface area contributed by atoms with Crippen molar-refractivity contribution in [2.75, 3.05) is 6.61 Å². The highest BCUT2D eigenvalue weighted by Crippen LogP contribution is 2.38. The maximum absolute atomic E-state index is 14.4. The van der Waals surface area contributed by atoms with Crippen molar-refractivity contribution in [3.05, 3.63) is 72.1 Å². The van der Waals surface area contributed by atoms with Crippen LogP contribution >= 0.6 is 0 Å². The highest BCUT2D eigenvalue weighted by Gasteiger charge is 2.22. The molecule has 0 bridgehead atoms. The second-order valence-corrected chi connectivity index (χ2v) is 8.45. The number of hydrogen-bond acceptors (Lipinski definition) is 1. The zero-order valence-corrected chi connectivity index (χ0v) is 17.8. The molecule has 1 fully saturated rings. The molecule has 0 saturated heterocycles. The van der Waals surface area contributed by atoms with E-state index in [0.29, 0.717) is 18.1 Å². The van der Waals surface area contributed by atoms with E-state index in [2.05, 4.69) is 37.8 Å². The first-order valence-corrected chi connectivity index (χ1v) is 11.3. The molecule has 1 saturated carbocycles. The monoisotopic (exact) mass is 394 g/mol. The molecule has 2 heteroatoms. The quantitative estimate of drug-likeness (QED) is 0.292. The second-order valence-electron chi connectivity index (χ2n) is 8.45. The Labute approximate surface area is 176 Å². The summed E-state index contributed by atoms with van der Waals surface area (Å²) in [6, 6.07) is 14.2. The molecule has 2 aromatic rings. The fraction of sp³-hybridized carbons (Fsp3) is 0.481. The van der Waals surface area contributed by atoms with Gasteiger partial charge < -0.3 is 4.74 Å². The Hall–Kier alpha value is -1.93. The third kappa shape index (κ3) is 6.27. The van der Waals surface area contributed by atoms with Gasteiger partial charge in [0.2, 0.25) is 0 Å². The molecule has 1 nitrogen and oxygen atoms in total. The second kappa shape index (κ2) is 11.3. The number of benzene rings is 2. The summed E-state index contributed by atoms with van der Waals surface area (Å²) in [5.41, 5.74) is 4.01. The molecule has 0 unspecified atom stereocenters. The largest absolute Gasteiger partial charge is 0.373 e. The van der Waals surface area contributed by atoms with Crippen molar-refractivity contribution in [1.29, 1.82) is 0 Å². The summed E-state index contributed by atoms with van der Waals surface area (Å²) in [6.45, 7) is 6.60. The minimum absolute atomic E-state index is 0.211. The zero-order chi connectivity index (χ0) is 20.5. The van der Waals surface area contributed by atoms with Gasteiger partial charge in [0.05, 0.1) is 13.2 Å². The van der Waals surface area contributed by atoms with E-state index >= 15 is 0 Å². The number of halogens is 1. The van der Waals surface area contributed by atoms with Gasteiger partial charge >= 0.3 is 0 Å². The maximum atomic E-state index is 14.4. The Morgan fingerprint density at radius 3 is 2.38 bits per heavy atom. The lowest BCUT2D eigenvalue weighted by molar-refractivity contribution is 0.146. The van der Waals surface area contributed by atoms with Gasteiger partial charge in [0.15, 0.2) is 0 Å². The van der Waals surface area contributed by atoms with Crippen LogP contribution in [0.5, 0.6) is 0 Å². The van der Waals surface area contributed by atoms with Crippen molar-refractivity contribution in [1.82, 2.24) is 0 Å². The van der Waals surface area contributed by atoms with Crippen molar-refractivity contribution < 1.29 is 9.13 Å². The van der Waals surface area contributed by atoms with Crippen molar-refractivity contribution >= 4 is 0 Å².